The third kappa shape index (κ3) is 14.9. The molecule has 0 amide bonds. The molecule has 0 heterocycles. The van der Waals surface area contributed by atoms with Crippen molar-refractivity contribution in [2.45, 2.75) is 120 Å². The molecule has 0 bridgehead atoms. The van der Waals surface area contributed by atoms with Crippen LogP contribution in [-0.4, -0.2) is 55.0 Å². The molecule has 0 radical (unpaired) electrons. The fraction of sp³-hybridized carbons (Fsp3) is 0.719. The van der Waals surface area contributed by atoms with Crippen molar-refractivity contribution in [2.24, 2.45) is 17.8 Å². The number of hydrogen-bond donors (Lipinski definition) is 0. The normalized spacial score (nSPS) is 11.8. The van der Waals surface area contributed by atoms with E-state index in [1.807, 2.05) is 41.5 Å². The highest BCUT2D eigenvalue weighted by Crippen LogP contribution is 2.20. The molecule has 0 atom stereocenters. The fourth-order valence-corrected chi connectivity index (χ4v) is 3.59. The lowest BCUT2D eigenvalue weighted by molar-refractivity contribution is -0.0409. The number of Topliss-reactive ketones (excluding diaryl/α,β-unsaturated/α-hetero) is 3. The van der Waals surface area contributed by atoms with Crippen LogP contribution in [0.3, 0.4) is 0 Å². The molecule has 0 aliphatic heterocycles. The summed E-state index contributed by atoms with van der Waals surface area (Å²) in [5, 5.41) is 0. The van der Waals surface area contributed by atoms with Gasteiger partial charge in [-0.25, -0.2) is 0 Å². The highest BCUT2D eigenvalue weighted by Gasteiger charge is 2.20. The molecular weight excluding hydrogens is 480 g/mol. The van der Waals surface area contributed by atoms with E-state index >= 15 is 0 Å². The lowest BCUT2D eigenvalue weighted by atomic mass is 9.90. The molecule has 0 aromatic heterocycles. The Kier molecular flexibility index (Phi) is 17.5. The average Bonchev–Trinajstić information content (AvgIpc) is 2.81. The van der Waals surface area contributed by atoms with E-state index in [0.717, 1.165) is 26.1 Å². The van der Waals surface area contributed by atoms with Crippen LogP contribution in [0.15, 0.2) is 18.2 Å². The fourth-order valence-electron chi connectivity index (χ4n) is 3.59. The highest BCUT2D eigenvalue weighted by molar-refractivity contribution is 6.07. The summed E-state index contributed by atoms with van der Waals surface area (Å²) in [4.78, 5) is 36.6. The molecule has 6 nitrogen and oxygen atoms in total. The standard InChI is InChI=1S/C18H24O3.C14H30O3/c1-10(2)16(19)13-7-14(17(20)11(3)4)9-15(8-13)18(21)12(5)6;1-11(2)15-9-7-14(17-13(5)6)8-10-16-12(3)4/h7-12H,1-6H3;11-14H,7-10H2,1-6H3. The van der Waals surface area contributed by atoms with Gasteiger partial charge in [-0.1, -0.05) is 41.5 Å². The van der Waals surface area contributed by atoms with Crippen molar-refractivity contribution in [1.82, 2.24) is 0 Å². The van der Waals surface area contributed by atoms with E-state index in [4.69, 9.17) is 14.2 Å². The Morgan fingerprint density at radius 1 is 0.526 bits per heavy atom. The lowest BCUT2D eigenvalue weighted by Crippen LogP contribution is -2.23. The Hall–Kier alpha value is -1.89. The van der Waals surface area contributed by atoms with Crippen molar-refractivity contribution in [3.8, 4) is 0 Å². The van der Waals surface area contributed by atoms with Crippen LogP contribution in [0.2, 0.25) is 0 Å². The maximum atomic E-state index is 12.2. The topological polar surface area (TPSA) is 78.9 Å². The molecule has 1 aromatic rings. The van der Waals surface area contributed by atoms with Gasteiger partial charge in [0.05, 0.1) is 24.4 Å². The second-order valence-electron chi connectivity index (χ2n) is 11.6. The Bertz CT molecular complexity index is 744. The van der Waals surface area contributed by atoms with Crippen LogP contribution in [0.5, 0.6) is 0 Å². The zero-order valence-electron chi connectivity index (χ0n) is 26.1. The Morgan fingerprint density at radius 3 is 1.03 bits per heavy atom. The van der Waals surface area contributed by atoms with E-state index in [1.54, 1.807) is 18.2 Å². The summed E-state index contributed by atoms with van der Waals surface area (Å²) >= 11 is 0. The van der Waals surface area contributed by atoms with E-state index < -0.39 is 0 Å². The number of hydrogen-bond acceptors (Lipinski definition) is 6. The molecule has 0 aliphatic rings. The summed E-state index contributed by atoms with van der Waals surface area (Å²) in [5.41, 5.74) is 1.33. The van der Waals surface area contributed by atoms with Crippen LogP contribution < -0.4 is 0 Å². The van der Waals surface area contributed by atoms with Gasteiger partial charge < -0.3 is 14.2 Å². The number of carbonyl (C=O) groups excluding carboxylic acids is 3. The summed E-state index contributed by atoms with van der Waals surface area (Å²) in [6.07, 6.45) is 2.98. The third-order valence-corrected chi connectivity index (χ3v) is 5.61. The quantitative estimate of drug-likeness (QED) is 0.203. The molecule has 38 heavy (non-hydrogen) atoms. The van der Waals surface area contributed by atoms with E-state index in [1.165, 1.54) is 0 Å². The zero-order valence-corrected chi connectivity index (χ0v) is 26.1. The van der Waals surface area contributed by atoms with Crippen LogP contribution >= 0.6 is 0 Å². The molecule has 0 saturated carbocycles. The van der Waals surface area contributed by atoms with E-state index in [9.17, 15) is 14.4 Å². The summed E-state index contributed by atoms with van der Waals surface area (Å²) in [6, 6.07) is 4.84. The second kappa shape index (κ2) is 18.4. The molecule has 0 N–H and O–H groups in total. The van der Waals surface area contributed by atoms with Gasteiger partial charge in [-0.15, -0.1) is 0 Å². The third-order valence-electron chi connectivity index (χ3n) is 5.61. The summed E-state index contributed by atoms with van der Waals surface area (Å²) in [6.45, 7) is 24.7. The maximum Gasteiger partial charge on any atom is 0.165 e. The van der Waals surface area contributed by atoms with Crippen molar-refractivity contribution in [3.05, 3.63) is 34.9 Å². The smallest absolute Gasteiger partial charge is 0.165 e. The zero-order chi connectivity index (χ0) is 29.6. The van der Waals surface area contributed by atoms with Crippen molar-refractivity contribution in [1.29, 1.82) is 0 Å². The second-order valence-corrected chi connectivity index (χ2v) is 11.6. The molecule has 0 saturated heterocycles. The largest absolute Gasteiger partial charge is 0.379 e. The van der Waals surface area contributed by atoms with Gasteiger partial charge in [0, 0.05) is 47.7 Å². The molecule has 0 fully saturated rings. The van der Waals surface area contributed by atoms with Gasteiger partial charge in [0.25, 0.3) is 0 Å². The summed E-state index contributed by atoms with van der Waals surface area (Å²) in [7, 11) is 0. The number of ketones is 3. The van der Waals surface area contributed by atoms with Crippen molar-refractivity contribution in [2.75, 3.05) is 13.2 Å². The van der Waals surface area contributed by atoms with Crippen LogP contribution in [0, 0.1) is 17.8 Å². The van der Waals surface area contributed by atoms with Crippen molar-refractivity contribution < 1.29 is 28.6 Å². The monoisotopic (exact) mass is 534 g/mol. The van der Waals surface area contributed by atoms with Crippen LogP contribution in [-0.2, 0) is 14.2 Å². The van der Waals surface area contributed by atoms with E-state index in [-0.39, 0.29) is 47.3 Å². The molecule has 0 aliphatic carbocycles. The minimum absolute atomic E-state index is 0.0498. The average molecular weight is 535 g/mol. The molecule has 1 aromatic carbocycles. The molecule has 218 valence electrons. The number of benzene rings is 1. The Balaban J connectivity index is 0.000000739. The summed E-state index contributed by atoms with van der Waals surface area (Å²) in [5.74, 6) is -0.659. The molecule has 0 spiro atoms. The predicted octanol–water partition coefficient (Wildman–Crippen LogP) is 7.61. The molecule has 1 rings (SSSR count). The van der Waals surface area contributed by atoms with Gasteiger partial charge in [-0.3, -0.25) is 14.4 Å². The molecule has 0 unspecified atom stereocenters. The Labute approximate surface area is 232 Å². The van der Waals surface area contributed by atoms with Crippen LogP contribution in [0.4, 0.5) is 0 Å². The Morgan fingerprint density at radius 2 is 0.816 bits per heavy atom. The minimum Gasteiger partial charge on any atom is -0.379 e. The first-order valence-electron chi connectivity index (χ1n) is 14.2. The first-order valence-corrected chi connectivity index (χ1v) is 14.2. The van der Waals surface area contributed by atoms with Gasteiger partial charge in [-0.05, 0) is 72.6 Å². The van der Waals surface area contributed by atoms with E-state index in [0.29, 0.717) is 28.9 Å². The van der Waals surface area contributed by atoms with Gasteiger partial charge in [0.1, 0.15) is 0 Å². The van der Waals surface area contributed by atoms with Gasteiger partial charge in [-0.2, -0.15) is 0 Å². The maximum absolute atomic E-state index is 12.2. The highest BCUT2D eigenvalue weighted by atomic mass is 16.5. The minimum atomic E-state index is -0.170. The lowest BCUT2D eigenvalue weighted by Gasteiger charge is -2.21. The predicted molar refractivity (Wildman–Crippen MR) is 155 cm³/mol. The van der Waals surface area contributed by atoms with Gasteiger partial charge in [0.2, 0.25) is 0 Å². The number of ether oxygens (including phenoxy) is 3. The van der Waals surface area contributed by atoms with Crippen LogP contribution in [0.1, 0.15) is 127 Å². The van der Waals surface area contributed by atoms with Gasteiger partial charge in [0.15, 0.2) is 17.3 Å². The molecular formula is C32H54O6. The first-order chi connectivity index (χ1) is 17.6. The van der Waals surface area contributed by atoms with Gasteiger partial charge >= 0.3 is 0 Å². The van der Waals surface area contributed by atoms with Crippen molar-refractivity contribution in [3.63, 3.8) is 0 Å². The van der Waals surface area contributed by atoms with Crippen LogP contribution in [0.25, 0.3) is 0 Å². The van der Waals surface area contributed by atoms with E-state index in [2.05, 4.69) is 41.5 Å². The summed E-state index contributed by atoms with van der Waals surface area (Å²) < 4.78 is 17.0. The van der Waals surface area contributed by atoms with Crippen molar-refractivity contribution >= 4 is 17.3 Å². The number of rotatable bonds is 16. The molecule has 6 heteroatoms. The number of carbonyl (C=O) groups is 3. The first kappa shape index (κ1) is 36.1. The SMILES string of the molecule is CC(C)C(=O)c1cc(C(=O)C(C)C)cc(C(=O)C(C)C)c1.CC(C)OCCC(CCOC(C)C)OC(C)C.